The molecule has 0 rings (SSSR count). The van der Waals surface area contributed by atoms with Crippen LogP contribution in [0, 0.1) is 0 Å². The smallest absolute Gasteiger partial charge is 0.479 e. The first-order chi connectivity index (χ1) is 6.92. The molecular weight excluding hydrogens is 224 g/mol. The van der Waals surface area contributed by atoms with Gasteiger partial charge in [0.1, 0.15) is 0 Å². The van der Waals surface area contributed by atoms with Crippen LogP contribution >= 0.6 is 0 Å². The van der Waals surface area contributed by atoms with Gasteiger partial charge in [0.2, 0.25) is 6.10 Å². The Kier molecular flexibility index (Phi) is 5.43. The van der Waals surface area contributed by atoms with Crippen LogP contribution < -0.4 is 0 Å². The maximum absolute atomic E-state index is 10.6. The molecule has 0 aliphatic heterocycles. The predicted molar refractivity (Wildman–Crippen MR) is 50.4 cm³/mol. The lowest BCUT2D eigenvalue weighted by molar-refractivity contribution is -0.162. The van der Waals surface area contributed by atoms with Crippen molar-refractivity contribution in [2.75, 3.05) is 14.2 Å². The maximum Gasteiger partial charge on any atom is 0.501 e. The van der Waals surface area contributed by atoms with Gasteiger partial charge in [-0.1, -0.05) is 6.92 Å². The first kappa shape index (κ1) is 14.0. The third kappa shape index (κ3) is 3.59. The summed E-state index contributed by atoms with van der Waals surface area (Å²) in [7, 11) is -0.584. The summed E-state index contributed by atoms with van der Waals surface area (Å²) in [5.74, 6) is -3.16. The van der Waals surface area contributed by atoms with Crippen molar-refractivity contribution in [3.63, 3.8) is 0 Å². The van der Waals surface area contributed by atoms with Crippen molar-refractivity contribution in [2.24, 2.45) is 0 Å². The third-order valence-electron chi connectivity index (χ3n) is 1.80. The van der Waals surface area contributed by atoms with E-state index in [0.29, 0.717) is 0 Å². The van der Waals surface area contributed by atoms with Crippen LogP contribution in [-0.2, 0) is 22.9 Å². The fourth-order valence-electron chi connectivity index (χ4n) is 0.938. The highest BCUT2D eigenvalue weighted by Crippen LogP contribution is 2.15. The van der Waals surface area contributed by atoms with E-state index in [1.54, 1.807) is 6.92 Å². The summed E-state index contributed by atoms with van der Waals surface area (Å²) in [6.45, 7) is 1.67. The number of aliphatic carboxylic acids is 2. The van der Waals surface area contributed by atoms with Crippen molar-refractivity contribution in [1.29, 1.82) is 0 Å². The van der Waals surface area contributed by atoms with Crippen LogP contribution in [0.1, 0.15) is 6.92 Å². The highest BCUT2D eigenvalue weighted by atomic mass is 28.4. The topological polar surface area (TPSA) is 102 Å². The lowest BCUT2D eigenvalue weighted by atomic mass is 10.4. The molecule has 0 fully saturated rings. The van der Waals surface area contributed by atoms with Gasteiger partial charge in [-0.3, -0.25) is 0 Å². The second-order valence-corrected chi connectivity index (χ2v) is 5.74. The Hall–Kier alpha value is -0.963. The van der Waals surface area contributed by atoms with E-state index in [1.165, 1.54) is 14.2 Å². The molecule has 0 aromatic rings. The van der Waals surface area contributed by atoms with Gasteiger partial charge in [-0.25, -0.2) is 9.59 Å². The Balaban J connectivity index is 4.76. The van der Waals surface area contributed by atoms with Gasteiger partial charge in [-0.2, -0.15) is 0 Å². The second-order valence-electron chi connectivity index (χ2n) is 2.62. The highest BCUT2D eigenvalue weighted by Gasteiger charge is 2.44. The van der Waals surface area contributed by atoms with Crippen molar-refractivity contribution >= 4 is 20.7 Å². The molecule has 0 aliphatic rings. The van der Waals surface area contributed by atoms with E-state index in [-0.39, 0.29) is 6.04 Å². The molecule has 7 nitrogen and oxygen atoms in total. The van der Waals surface area contributed by atoms with E-state index in [9.17, 15) is 9.59 Å². The van der Waals surface area contributed by atoms with Crippen molar-refractivity contribution in [2.45, 2.75) is 19.1 Å². The van der Waals surface area contributed by atoms with Gasteiger partial charge in [0, 0.05) is 20.3 Å². The molecule has 15 heavy (non-hydrogen) atoms. The van der Waals surface area contributed by atoms with Crippen LogP contribution in [0.4, 0.5) is 0 Å². The molecule has 0 saturated heterocycles. The van der Waals surface area contributed by atoms with Crippen LogP contribution in [0.15, 0.2) is 0 Å². The Labute approximate surface area is 87.9 Å². The highest BCUT2D eigenvalue weighted by molar-refractivity contribution is 6.60. The number of carbonyl (C=O) groups is 2. The molecule has 0 atom stereocenters. The molecule has 0 heterocycles. The van der Waals surface area contributed by atoms with Gasteiger partial charge in [-0.05, 0) is 0 Å². The zero-order chi connectivity index (χ0) is 12.1. The van der Waals surface area contributed by atoms with Crippen LogP contribution in [0.25, 0.3) is 0 Å². The summed E-state index contributed by atoms with van der Waals surface area (Å²) in [4.78, 5) is 21.1. The van der Waals surface area contributed by atoms with Crippen molar-refractivity contribution in [1.82, 2.24) is 0 Å². The lowest BCUT2D eigenvalue weighted by Gasteiger charge is -2.26. The van der Waals surface area contributed by atoms with Crippen LogP contribution in [0.2, 0.25) is 6.04 Å². The number of carboxylic acid groups (broad SMARTS) is 2. The van der Waals surface area contributed by atoms with Crippen LogP contribution in [0.3, 0.4) is 0 Å². The minimum absolute atomic E-state index is 0.289. The van der Waals surface area contributed by atoms with Crippen molar-refractivity contribution in [3.05, 3.63) is 0 Å². The summed E-state index contributed by atoms with van der Waals surface area (Å²) in [5, 5.41) is 17.2. The van der Waals surface area contributed by atoms with E-state index >= 15 is 0 Å². The summed E-state index contributed by atoms with van der Waals surface area (Å²) in [6, 6.07) is 0.289. The molecule has 0 aliphatic carbocycles. The molecule has 0 radical (unpaired) electrons. The minimum atomic E-state index is -3.17. The summed E-state index contributed by atoms with van der Waals surface area (Å²) >= 11 is 0. The van der Waals surface area contributed by atoms with E-state index < -0.39 is 26.8 Å². The molecule has 0 aromatic carbocycles. The van der Waals surface area contributed by atoms with E-state index in [1.807, 2.05) is 0 Å². The van der Waals surface area contributed by atoms with Crippen LogP contribution in [0.5, 0.6) is 0 Å². The minimum Gasteiger partial charge on any atom is -0.479 e. The molecule has 0 spiro atoms. The average Bonchev–Trinajstić information content (AvgIpc) is 2.20. The van der Waals surface area contributed by atoms with Crippen LogP contribution in [-0.4, -0.2) is 51.3 Å². The number of rotatable bonds is 7. The summed E-state index contributed by atoms with van der Waals surface area (Å²) in [5.41, 5.74) is 0. The number of hydrogen-bond donors (Lipinski definition) is 2. The molecule has 2 N–H and O–H groups in total. The van der Waals surface area contributed by atoms with Gasteiger partial charge in [0.15, 0.2) is 0 Å². The molecule has 8 heteroatoms. The lowest BCUT2D eigenvalue weighted by Crippen LogP contribution is -2.50. The molecular formula is C7H14O7Si. The molecule has 0 bridgehead atoms. The summed E-state index contributed by atoms with van der Waals surface area (Å²) < 4.78 is 14.8. The first-order valence-corrected chi connectivity index (χ1v) is 6.09. The van der Waals surface area contributed by atoms with Gasteiger partial charge in [0.25, 0.3) is 0 Å². The Bertz CT molecular complexity index is 215. The van der Waals surface area contributed by atoms with Crippen molar-refractivity contribution in [3.8, 4) is 0 Å². The zero-order valence-corrected chi connectivity index (χ0v) is 9.72. The molecule has 0 aromatic heterocycles. The van der Waals surface area contributed by atoms with Gasteiger partial charge in [0.05, 0.1) is 0 Å². The molecule has 0 amide bonds. The monoisotopic (exact) mass is 238 g/mol. The fourth-order valence-corrected chi connectivity index (χ4v) is 2.60. The van der Waals surface area contributed by atoms with E-state index in [2.05, 4.69) is 0 Å². The molecule has 88 valence electrons. The van der Waals surface area contributed by atoms with Crippen molar-refractivity contribution < 1.29 is 33.1 Å². The second kappa shape index (κ2) is 5.81. The number of carboxylic acids is 2. The predicted octanol–water partition coefficient (Wildman–Crippen LogP) is -0.208. The number of hydrogen-bond acceptors (Lipinski definition) is 5. The fraction of sp³-hybridized carbons (Fsp3) is 0.714. The SMILES string of the molecule is CC[Si](OC)(OC)OC(C(=O)O)C(=O)O. The maximum atomic E-state index is 10.6. The largest absolute Gasteiger partial charge is 0.501 e. The Morgan fingerprint density at radius 3 is 1.80 bits per heavy atom. The normalized spacial score (nSPS) is 11.7. The van der Waals surface area contributed by atoms with Gasteiger partial charge < -0.3 is 23.5 Å². The Morgan fingerprint density at radius 1 is 1.20 bits per heavy atom. The quantitative estimate of drug-likeness (QED) is 0.467. The van der Waals surface area contributed by atoms with Gasteiger partial charge >= 0.3 is 20.7 Å². The first-order valence-electron chi connectivity index (χ1n) is 4.16. The van der Waals surface area contributed by atoms with Gasteiger partial charge in [-0.15, -0.1) is 0 Å². The standard InChI is InChI=1S/C7H14O7Si/c1-4-15(12-2,13-3)14-5(6(8)9)7(10)11/h5H,4H2,1-3H3,(H,8,9)(H,10,11). The van der Waals surface area contributed by atoms with E-state index in [0.717, 1.165) is 0 Å². The molecule has 0 saturated carbocycles. The van der Waals surface area contributed by atoms with E-state index in [4.69, 9.17) is 23.5 Å². The average molecular weight is 238 g/mol. The molecule has 0 unspecified atom stereocenters. The zero-order valence-electron chi connectivity index (χ0n) is 8.72. The Morgan fingerprint density at radius 2 is 1.60 bits per heavy atom. The summed E-state index contributed by atoms with van der Waals surface area (Å²) in [6.07, 6.45) is -1.96. The third-order valence-corrected chi connectivity index (χ3v) is 4.51.